The lowest BCUT2D eigenvalue weighted by molar-refractivity contribution is 0.346. The van der Waals surface area contributed by atoms with Gasteiger partial charge in [-0.1, -0.05) is 13.8 Å². The number of nitrogens with zero attached hydrogens (tertiary/aromatic N) is 3. The molecule has 0 saturated carbocycles. The summed E-state index contributed by atoms with van der Waals surface area (Å²) < 4.78 is 4.46. The fourth-order valence-corrected chi connectivity index (χ4v) is 3.67. The highest BCUT2D eigenvalue weighted by molar-refractivity contribution is 7.05. The van der Waals surface area contributed by atoms with Crippen molar-refractivity contribution in [1.82, 2.24) is 14.3 Å². The van der Waals surface area contributed by atoms with Crippen molar-refractivity contribution in [1.29, 1.82) is 0 Å². The first-order valence-electron chi connectivity index (χ1n) is 5.80. The van der Waals surface area contributed by atoms with Gasteiger partial charge in [-0.05, 0) is 30.4 Å². The minimum absolute atomic E-state index is 0.467. The van der Waals surface area contributed by atoms with E-state index in [0.717, 1.165) is 11.7 Å². The summed E-state index contributed by atoms with van der Waals surface area (Å²) in [4.78, 5) is 7.25. The van der Waals surface area contributed by atoms with Gasteiger partial charge >= 0.3 is 0 Å². The molecule has 0 aliphatic carbocycles. The monoisotopic (exact) mass is 223 g/mol. The summed E-state index contributed by atoms with van der Waals surface area (Å²) in [6.45, 7) is 8.14. The topological polar surface area (TPSA) is 29.0 Å². The number of fused-ring (bicyclic) bond motifs is 2. The van der Waals surface area contributed by atoms with E-state index in [4.69, 9.17) is 4.98 Å². The lowest BCUT2D eigenvalue weighted by atomic mass is 9.93. The first-order valence-corrected chi connectivity index (χ1v) is 6.57. The van der Waals surface area contributed by atoms with Gasteiger partial charge in [-0.25, -0.2) is 4.98 Å². The zero-order valence-corrected chi connectivity index (χ0v) is 10.1. The number of hydrogen-bond donors (Lipinski definition) is 0. The Morgan fingerprint density at radius 3 is 2.80 bits per heavy atom. The highest BCUT2D eigenvalue weighted by atomic mass is 32.1. The molecule has 0 aromatic carbocycles. The van der Waals surface area contributed by atoms with E-state index >= 15 is 0 Å². The SMILES string of the molecule is CC(C)c1nsc([C@@H]2CN3CCC2C3)n1. The molecule has 0 radical (unpaired) electrons. The minimum Gasteiger partial charge on any atom is -0.302 e. The van der Waals surface area contributed by atoms with E-state index in [2.05, 4.69) is 23.1 Å². The van der Waals surface area contributed by atoms with Gasteiger partial charge in [0.2, 0.25) is 0 Å². The predicted octanol–water partition coefficient (Wildman–Crippen LogP) is 2.08. The molecule has 4 heteroatoms. The van der Waals surface area contributed by atoms with E-state index < -0.39 is 0 Å². The van der Waals surface area contributed by atoms with Crippen LogP contribution in [0.25, 0.3) is 0 Å². The molecule has 2 fully saturated rings. The van der Waals surface area contributed by atoms with Crippen molar-refractivity contribution in [3.63, 3.8) is 0 Å². The smallest absolute Gasteiger partial charge is 0.145 e. The van der Waals surface area contributed by atoms with Gasteiger partial charge in [0, 0.05) is 24.9 Å². The van der Waals surface area contributed by atoms with Gasteiger partial charge in [-0.3, -0.25) is 0 Å². The fourth-order valence-electron chi connectivity index (χ4n) is 2.70. The molecule has 3 heterocycles. The predicted molar refractivity (Wildman–Crippen MR) is 61.3 cm³/mol. The lowest BCUT2D eigenvalue weighted by Crippen LogP contribution is -2.22. The first kappa shape index (κ1) is 9.73. The van der Waals surface area contributed by atoms with Crippen LogP contribution in [0.2, 0.25) is 0 Å². The van der Waals surface area contributed by atoms with Crippen LogP contribution in [-0.4, -0.2) is 33.9 Å². The highest BCUT2D eigenvalue weighted by Crippen LogP contribution is 2.40. The zero-order valence-electron chi connectivity index (χ0n) is 9.31. The van der Waals surface area contributed by atoms with Crippen molar-refractivity contribution in [3.8, 4) is 0 Å². The molecular formula is C11H17N3S. The van der Waals surface area contributed by atoms with Crippen molar-refractivity contribution in [3.05, 3.63) is 10.8 Å². The van der Waals surface area contributed by atoms with Crippen molar-refractivity contribution in [2.24, 2.45) is 5.92 Å². The molecule has 1 aromatic heterocycles. The Morgan fingerprint density at radius 2 is 2.27 bits per heavy atom. The summed E-state index contributed by atoms with van der Waals surface area (Å²) in [5.41, 5.74) is 0. The van der Waals surface area contributed by atoms with E-state index in [1.165, 1.54) is 31.1 Å². The summed E-state index contributed by atoms with van der Waals surface area (Å²) in [5, 5.41) is 1.28. The third-order valence-electron chi connectivity index (χ3n) is 3.62. The normalized spacial score (nSPS) is 34.2. The summed E-state index contributed by atoms with van der Waals surface area (Å²) in [7, 11) is 0. The van der Waals surface area contributed by atoms with Crippen LogP contribution in [0.5, 0.6) is 0 Å². The molecule has 0 N–H and O–H groups in total. The van der Waals surface area contributed by atoms with Gasteiger partial charge in [0.15, 0.2) is 0 Å². The molecule has 2 aliphatic rings. The Balaban J connectivity index is 1.81. The molecule has 2 unspecified atom stereocenters. The third-order valence-corrected chi connectivity index (χ3v) is 4.48. The minimum atomic E-state index is 0.467. The van der Waals surface area contributed by atoms with E-state index in [-0.39, 0.29) is 0 Å². The molecule has 2 aliphatic heterocycles. The van der Waals surface area contributed by atoms with Crippen molar-refractivity contribution < 1.29 is 0 Å². The maximum Gasteiger partial charge on any atom is 0.145 e. The lowest BCUT2D eigenvalue weighted by Gasteiger charge is -2.19. The highest BCUT2D eigenvalue weighted by Gasteiger charge is 2.40. The third kappa shape index (κ3) is 1.60. The van der Waals surface area contributed by atoms with Crippen LogP contribution >= 0.6 is 11.5 Å². The van der Waals surface area contributed by atoms with E-state index in [1.54, 1.807) is 11.5 Å². The molecule has 82 valence electrons. The zero-order chi connectivity index (χ0) is 10.4. The van der Waals surface area contributed by atoms with Crippen LogP contribution in [0.15, 0.2) is 0 Å². The maximum absolute atomic E-state index is 4.69. The second kappa shape index (κ2) is 3.52. The van der Waals surface area contributed by atoms with Gasteiger partial charge in [-0.15, -0.1) is 0 Å². The van der Waals surface area contributed by atoms with E-state index in [9.17, 15) is 0 Å². The standard InChI is InChI=1S/C11H17N3S/c1-7(2)10-12-11(15-13-10)9-6-14-4-3-8(9)5-14/h7-9H,3-6H2,1-2H3/t8?,9-/m1/s1. The van der Waals surface area contributed by atoms with Crippen molar-refractivity contribution in [2.75, 3.05) is 19.6 Å². The number of aromatic nitrogens is 2. The summed E-state index contributed by atoms with van der Waals surface area (Å²) in [6.07, 6.45) is 1.36. The van der Waals surface area contributed by atoms with E-state index in [1.807, 2.05) is 0 Å². The Bertz CT molecular complexity index is 360. The summed E-state index contributed by atoms with van der Waals surface area (Å²) in [5.74, 6) is 3.04. The average molecular weight is 223 g/mol. The second-order valence-electron chi connectivity index (χ2n) is 5.06. The Kier molecular flexibility index (Phi) is 2.29. The van der Waals surface area contributed by atoms with Crippen molar-refractivity contribution >= 4 is 11.5 Å². The van der Waals surface area contributed by atoms with Gasteiger partial charge in [0.1, 0.15) is 10.8 Å². The molecule has 3 atom stereocenters. The molecule has 2 saturated heterocycles. The largest absolute Gasteiger partial charge is 0.302 e. The maximum atomic E-state index is 4.69. The van der Waals surface area contributed by atoms with Gasteiger partial charge in [-0.2, -0.15) is 4.37 Å². The molecule has 3 rings (SSSR count). The van der Waals surface area contributed by atoms with Crippen LogP contribution in [-0.2, 0) is 0 Å². The van der Waals surface area contributed by atoms with Crippen LogP contribution in [0.1, 0.15) is 42.9 Å². The summed E-state index contributed by atoms with van der Waals surface area (Å²) >= 11 is 1.63. The summed E-state index contributed by atoms with van der Waals surface area (Å²) in [6, 6.07) is 0. The quantitative estimate of drug-likeness (QED) is 0.768. The van der Waals surface area contributed by atoms with Crippen LogP contribution in [0.3, 0.4) is 0 Å². The second-order valence-corrected chi connectivity index (χ2v) is 5.84. The first-order chi connectivity index (χ1) is 7.24. The number of rotatable bonds is 2. The number of piperidine rings is 1. The Morgan fingerprint density at radius 1 is 1.40 bits per heavy atom. The van der Waals surface area contributed by atoms with E-state index in [0.29, 0.717) is 11.8 Å². The molecule has 0 amide bonds. The van der Waals surface area contributed by atoms with Crippen molar-refractivity contribution in [2.45, 2.75) is 32.1 Å². The Labute approximate surface area is 94.7 Å². The molecule has 3 nitrogen and oxygen atoms in total. The molecule has 0 spiro atoms. The molecule has 2 bridgehead atoms. The van der Waals surface area contributed by atoms with Gasteiger partial charge in [0.25, 0.3) is 0 Å². The van der Waals surface area contributed by atoms with Crippen LogP contribution < -0.4 is 0 Å². The van der Waals surface area contributed by atoms with Gasteiger partial charge < -0.3 is 4.90 Å². The fraction of sp³-hybridized carbons (Fsp3) is 0.818. The van der Waals surface area contributed by atoms with Gasteiger partial charge in [0.05, 0.1) is 0 Å². The Hall–Kier alpha value is -0.480. The number of hydrogen-bond acceptors (Lipinski definition) is 4. The average Bonchev–Trinajstić information content (AvgIpc) is 2.93. The van der Waals surface area contributed by atoms with Crippen LogP contribution in [0, 0.1) is 5.92 Å². The molecule has 15 heavy (non-hydrogen) atoms. The molecular weight excluding hydrogens is 206 g/mol. The molecule has 1 aromatic rings. The van der Waals surface area contributed by atoms with Crippen LogP contribution in [0.4, 0.5) is 0 Å².